The van der Waals surface area contributed by atoms with Gasteiger partial charge < -0.3 is 14.6 Å². The Morgan fingerprint density at radius 2 is 0.909 bits per heavy atom. The summed E-state index contributed by atoms with van der Waals surface area (Å²) in [5, 5.41) is 9.08. The van der Waals surface area contributed by atoms with Crippen molar-refractivity contribution in [2.45, 2.75) is 161 Å². The minimum atomic E-state index is -1.23. The van der Waals surface area contributed by atoms with Crippen LogP contribution in [0, 0.1) is 0 Å². The quantitative estimate of drug-likeness (QED) is 0.116. The average molecular weight is 471 g/mol. The Bertz CT molecular complexity index is 450. The predicted octanol–water partition coefficient (Wildman–Crippen LogP) is 7.66. The van der Waals surface area contributed by atoms with Crippen LogP contribution in [0.3, 0.4) is 0 Å². The van der Waals surface area contributed by atoms with Gasteiger partial charge in [-0.2, -0.15) is 0 Å². The highest BCUT2D eigenvalue weighted by Gasteiger charge is 2.21. The van der Waals surface area contributed by atoms with E-state index < -0.39 is 24.1 Å². The lowest BCUT2D eigenvalue weighted by Gasteiger charge is -2.13. The molecule has 0 aromatic heterocycles. The summed E-state index contributed by atoms with van der Waals surface area (Å²) < 4.78 is 9.93. The number of aliphatic hydroxyl groups is 1. The maximum atomic E-state index is 11.7. The number of carbonyl (C=O) groups excluding carboxylic acids is 2. The van der Waals surface area contributed by atoms with Gasteiger partial charge in [0, 0.05) is 0 Å². The number of unbranched alkanes of at least 4 members (excludes halogenated alkanes) is 19. The van der Waals surface area contributed by atoms with E-state index in [0.29, 0.717) is 6.61 Å². The summed E-state index contributed by atoms with van der Waals surface area (Å²) in [5.41, 5.74) is 0. The third-order valence-corrected chi connectivity index (χ3v) is 6.21. The van der Waals surface area contributed by atoms with E-state index in [0.717, 1.165) is 12.8 Å². The Balaban J connectivity index is 3.24. The standard InChI is InChI=1S/C28H54O5/c1-4-5-6-7-8-9-10-11-12-13-14-15-16-17-18-19-20-21-22-23-24-32-28(31)26(3)33-27(30)25(2)29/h25-26,29H,4-24H2,1-3H3. The molecule has 0 fully saturated rings. The van der Waals surface area contributed by atoms with Crippen molar-refractivity contribution in [3.05, 3.63) is 0 Å². The fourth-order valence-electron chi connectivity index (χ4n) is 3.97. The molecule has 0 saturated carbocycles. The zero-order valence-corrected chi connectivity index (χ0v) is 22.1. The maximum Gasteiger partial charge on any atom is 0.347 e. The first-order valence-electron chi connectivity index (χ1n) is 14.0. The highest BCUT2D eigenvalue weighted by molar-refractivity contribution is 5.80. The predicted molar refractivity (Wildman–Crippen MR) is 136 cm³/mol. The molecular formula is C28H54O5. The third kappa shape index (κ3) is 22.5. The van der Waals surface area contributed by atoms with Crippen molar-refractivity contribution in [1.82, 2.24) is 0 Å². The number of rotatable bonds is 24. The monoisotopic (exact) mass is 470 g/mol. The summed E-state index contributed by atoms with van der Waals surface area (Å²) in [5.74, 6) is -1.36. The van der Waals surface area contributed by atoms with Crippen LogP contribution in [-0.2, 0) is 19.1 Å². The molecule has 2 unspecified atom stereocenters. The third-order valence-electron chi connectivity index (χ3n) is 6.21. The van der Waals surface area contributed by atoms with Gasteiger partial charge >= 0.3 is 11.9 Å². The molecule has 0 heterocycles. The molecule has 0 saturated heterocycles. The summed E-state index contributed by atoms with van der Waals surface area (Å²) in [4.78, 5) is 23.0. The number of hydrogen-bond acceptors (Lipinski definition) is 5. The van der Waals surface area contributed by atoms with Gasteiger partial charge in [-0.25, -0.2) is 9.59 Å². The Kier molecular flexibility index (Phi) is 23.2. The lowest BCUT2D eigenvalue weighted by Crippen LogP contribution is -2.30. The Labute approximate surface area is 204 Å². The van der Waals surface area contributed by atoms with E-state index in [1.165, 1.54) is 129 Å². The van der Waals surface area contributed by atoms with Gasteiger partial charge in [0.05, 0.1) is 6.61 Å². The highest BCUT2D eigenvalue weighted by Crippen LogP contribution is 2.15. The van der Waals surface area contributed by atoms with Gasteiger partial charge in [-0.1, -0.05) is 129 Å². The molecule has 1 N–H and O–H groups in total. The highest BCUT2D eigenvalue weighted by atomic mass is 16.6. The van der Waals surface area contributed by atoms with Gasteiger partial charge in [-0.15, -0.1) is 0 Å². The van der Waals surface area contributed by atoms with Crippen molar-refractivity contribution in [1.29, 1.82) is 0 Å². The molecule has 196 valence electrons. The second-order valence-corrected chi connectivity index (χ2v) is 9.64. The molecule has 0 amide bonds. The molecule has 0 aliphatic carbocycles. The Morgan fingerprint density at radius 1 is 0.576 bits per heavy atom. The molecule has 0 rings (SSSR count). The van der Waals surface area contributed by atoms with Crippen molar-refractivity contribution in [3.8, 4) is 0 Å². The van der Waals surface area contributed by atoms with Gasteiger partial charge in [0.1, 0.15) is 6.10 Å². The van der Waals surface area contributed by atoms with Crippen LogP contribution in [0.25, 0.3) is 0 Å². The van der Waals surface area contributed by atoms with Crippen LogP contribution in [-0.4, -0.2) is 35.9 Å². The number of aliphatic hydroxyl groups excluding tert-OH is 1. The fraction of sp³-hybridized carbons (Fsp3) is 0.929. The molecule has 0 aliphatic heterocycles. The molecule has 0 bridgehead atoms. The van der Waals surface area contributed by atoms with Crippen LogP contribution < -0.4 is 0 Å². The minimum absolute atomic E-state index is 0.356. The number of esters is 2. The SMILES string of the molecule is CCCCCCCCCCCCCCCCCCCCCCOC(=O)C(C)OC(=O)C(C)O. The smallest absolute Gasteiger partial charge is 0.347 e. The van der Waals surface area contributed by atoms with E-state index in [9.17, 15) is 9.59 Å². The van der Waals surface area contributed by atoms with Gasteiger partial charge in [0.2, 0.25) is 0 Å². The van der Waals surface area contributed by atoms with Crippen LogP contribution in [0.1, 0.15) is 149 Å². The summed E-state index contributed by atoms with van der Waals surface area (Å²) in [6.45, 7) is 5.40. The van der Waals surface area contributed by atoms with Gasteiger partial charge in [-0.05, 0) is 20.3 Å². The lowest BCUT2D eigenvalue weighted by atomic mass is 10.0. The zero-order valence-electron chi connectivity index (χ0n) is 22.1. The molecular weight excluding hydrogens is 416 g/mol. The van der Waals surface area contributed by atoms with Crippen molar-refractivity contribution in [2.24, 2.45) is 0 Å². The summed E-state index contributed by atoms with van der Waals surface area (Å²) in [6, 6.07) is 0. The number of ether oxygens (including phenoxy) is 2. The molecule has 0 aromatic carbocycles. The number of hydrogen-bond donors (Lipinski definition) is 1. The topological polar surface area (TPSA) is 72.8 Å². The molecule has 5 heteroatoms. The second-order valence-electron chi connectivity index (χ2n) is 9.64. The minimum Gasteiger partial charge on any atom is -0.463 e. The van der Waals surface area contributed by atoms with Gasteiger partial charge in [0.15, 0.2) is 6.10 Å². The van der Waals surface area contributed by atoms with Crippen LogP contribution in [0.15, 0.2) is 0 Å². The van der Waals surface area contributed by atoms with E-state index in [2.05, 4.69) is 6.92 Å². The molecule has 0 aliphatic rings. The van der Waals surface area contributed by atoms with Crippen LogP contribution in [0.5, 0.6) is 0 Å². The average Bonchev–Trinajstić information content (AvgIpc) is 2.79. The van der Waals surface area contributed by atoms with Crippen molar-refractivity contribution < 1.29 is 24.2 Å². The Morgan fingerprint density at radius 3 is 1.24 bits per heavy atom. The van der Waals surface area contributed by atoms with Crippen molar-refractivity contribution in [2.75, 3.05) is 6.61 Å². The largest absolute Gasteiger partial charge is 0.463 e. The first kappa shape index (κ1) is 31.9. The molecule has 2 atom stereocenters. The normalized spacial score (nSPS) is 13.0. The van der Waals surface area contributed by atoms with E-state index in [1.807, 2.05) is 0 Å². The maximum absolute atomic E-state index is 11.7. The first-order chi connectivity index (χ1) is 16.0. The first-order valence-corrected chi connectivity index (χ1v) is 14.0. The molecule has 33 heavy (non-hydrogen) atoms. The van der Waals surface area contributed by atoms with Gasteiger partial charge in [-0.3, -0.25) is 0 Å². The van der Waals surface area contributed by atoms with Crippen molar-refractivity contribution >= 4 is 11.9 Å². The lowest BCUT2D eigenvalue weighted by molar-refractivity contribution is -0.171. The molecule has 5 nitrogen and oxygen atoms in total. The number of carbonyl (C=O) groups is 2. The summed E-state index contributed by atoms with van der Waals surface area (Å²) in [7, 11) is 0. The van der Waals surface area contributed by atoms with E-state index in [4.69, 9.17) is 14.6 Å². The molecule has 0 aromatic rings. The van der Waals surface area contributed by atoms with Gasteiger partial charge in [0.25, 0.3) is 0 Å². The molecule has 0 spiro atoms. The Hall–Kier alpha value is -1.10. The van der Waals surface area contributed by atoms with E-state index in [1.54, 1.807) is 0 Å². The van der Waals surface area contributed by atoms with Crippen LogP contribution in [0.2, 0.25) is 0 Å². The van der Waals surface area contributed by atoms with Crippen LogP contribution in [0.4, 0.5) is 0 Å². The fourth-order valence-corrected chi connectivity index (χ4v) is 3.97. The molecule has 0 radical (unpaired) electrons. The van der Waals surface area contributed by atoms with Crippen molar-refractivity contribution in [3.63, 3.8) is 0 Å². The summed E-state index contributed by atoms with van der Waals surface area (Å²) in [6.07, 6.45) is 24.5. The second kappa shape index (κ2) is 24.0. The summed E-state index contributed by atoms with van der Waals surface area (Å²) >= 11 is 0. The van der Waals surface area contributed by atoms with E-state index in [-0.39, 0.29) is 0 Å². The van der Waals surface area contributed by atoms with E-state index >= 15 is 0 Å². The van der Waals surface area contributed by atoms with Crippen LogP contribution >= 0.6 is 0 Å². The zero-order chi connectivity index (χ0) is 24.6.